The van der Waals surface area contributed by atoms with Crippen LogP contribution < -0.4 is 5.32 Å². The van der Waals surface area contributed by atoms with E-state index >= 15 is 0 Å². The predicted octanol–water partition coefficient (Wildman–Crippen LogP) is 4.99. The molecule has 0 bridgehead atoms. The third-order valence-corrected chi connectivity index (χ3v) is 5.61. The van der Waals surface area contributed by atoms with Gasteiger partial charge >= 0.3 is 0 Å². The van der Waals surface area contributed by atoms with E-state index in [0.29, 0.717) is 12.2 Å². The molecule has 1 N–H and O–H groups in total. The van der Waals surface area contributed by atoms with Crippen molar-refractivity contribution in [3.05, 3.63) is 65.0 Å². The number of hydrogen-bond acceptors (Lipinski definition) is 5. The van der Waals surface area contributed by atoms with Gasteiger partial charge in [0, 0.05) is 18.2 Å². The molecule has 0 saturated carbocycles. The number of aryl methyl sites for hydroxylation is 1. The number of aromatic nitrogens is 2. The van der Waals surface area contributed by atoms with Crippen LogP contribution in [-0.2, 0) is 11.2 Å². The molecular formula is C19H15N3OS2. The molecule has 0 saturated heterocycles. The molecule has 3 heterocycles. The number of thiophene rings is 1. The highest BCUT2D eigenvalue weighted by Gasteiger charge is 2.08. The summed E-state index contributed by atoms with van der Waals surface area (Å²) in [6.07, 6.45) is 2.96. The minimum atomic E-state index is -0.0218. The summed E-state index contributed by atoms with van der Waals surface area (Å²) in [4.78, 5) is 21.0. The van der Waals surface area contributed by atoms with Crippen LogP contribution in [0, 0.1) is 0 Å². The van der Waals surface area contributed by atoms with Gasteiger partial charge in [0.2, 0.25) is 5.91 Å². The van der Waals surface area contributed by atoms with E-state index in [1.165, 1.54) is 5.56 Å². The van der Waals surface area contributed by atoms with E-state index in [4.69, 9.17) is 0 Å². The monoisotopic (exact) mass is 365 g/mol. The Labute approximate surface area is 153 Å². The Balaban J connectivity index is 1.42. The number of nitrogens with one attached hydrogen (secondary N) is 1. The molecule has 124 valence electrons. The molecule has 0 fully saturated rings. The average molecular weight is 365 g/mol. The highest BCUT2D eigenvalue weighted by atomic mass is 32.1. The van der Waals surface area contributed by atoms with E-state index in [9.17, 15) is 4.79 Å². The number of carbonyl (C=O) groups is 1. The number of anilines is 1. The second-order valence-electron chi connectivity index (χ2n) is 5.60. The third-order valence-electron chi connectivity index (χ3n) is 3.79. The molecule has 0 aliphatic carbocycles. The predicted molar refractivity (Wildman–Crippen MR) is 104 cm³/mol. The van der Waals surface area contributed by atoms with Gasteiger partial charge in [0.15, 0.2) is 0 Å². The fourth-order valence-corrected chi connectivity index (χ4v) is 4.15. The normalized spacial score (nSPS) is 10.9. The van der Waals surface area contributed by atoms with Crippen LogP contribution in [0.2, 0.25) is 0 Å². The number of rotatable bonds is 5. The summed E-state index contributed by atoms with van der Waals surface area (Å²) in [7, 11) is 0. The maximum absolute atomic E-state index is 12.0. The molecule has 4 aromatic rings. The topological polar surface area (TPSA) is 54.9 Å². The number of benzene rings is 1. The van der Waals surface area contributed by atoms with Gasteiger partial charge in [0.05, 0.1) is 10.2 Å². The van der Waals surface area contributed by atoms with Gasteiger partial charge in [0.25, 0.3) is 0 Å². The van der Waals surface area contributed by atoms with Gasteiger partial charge in [-0.1, -0.05) is 12.1 Å². The summed E-state index contributed by atoms with van der Waals surface area (Å²) in [5.74, 6) is 0.548. The molecule has 6 heteroatoms. The van der Waals surface area contributed by atoms with Gasteiger partial charge in [0.1, 0.15) is 10.8 Å². The van der Waals surface area contributed by atoms with Crippen LogP contribution >= 0.6 is 22.7 Å². The molecule has 1 aromatic carbocycles. The van der Waals surface area contributed by atoms with E-state index < -0.39 is 0 Å². The number of nitrogens with zero attached hydrogens (tertiary/aromatic N) is 2. The molecule has 25 heavy (non-hydrogen) atoms. The highest BCUT2D eigenvalue weighted by Crippen LogP contribution is 2.29. The lowest BCUT2D eigenvalue weighted by molar-refractivity contribution is -0.116. The number of fused-ring (bicyclic) bond motifs is 1. The Kier molecular flexibility index (Phi) is 4.54. The molecule has 3 aromatic heterocycles. The van der Waals surface area contributed by atoms with Gasteiger partial charge in [-0.15, -0.1) is 11.3 Å². The Morgan fingerprint density at radius 2 is 2.04 bits per heavy atom. The number of amides is 1. The van der Waals surface area contributed by atoms with E-state index in [1.54, 1.807) is 28.9 Å². The number of pyridine rings is 1. The van der Waals surface area contributed by atoms with Crippen molar-refractivity contribution >= 4 is 44.6 Å². The van der Waals surface area contributed by atoms with Crippen molar-refractivity contribution in [3.8, 4) is 10.6 Å². The van der Waals surface area contributed by atoms with Crippen LogP contribution in [-0.4, -0.2) is 15.9 Å². The lowest BCUT2D eigenvalue weighted by Crippen LogP contribution is -2.13. The van der Waals surface area contributed by atoms with E-state index in [0.717, 1.165) is 27.2 Å². The summed E-state index contributed by atoms with van der Waals surface area (Å²) in [5.41, 5.74) is 3.14. The summed E-state index contributed by atoms with van der Waals surface area (Å²) >= 11 is 3.29. The number of thiazole rings is 1. The Morgan fingerprint density at radius 1 is 1.12 bits per heavy atom. The van der Waals surface area contributed by atoms with Gasteiger partial charge in [-0.25, -0.2) is 9.97 Å². The summed E-state index contributed by atoms with van der Waals surface area (Å²) in [5, 5.41) is 7.87. The van der Waals surface area contributed by atoms with E-state index in [2.05, 4.69) is 26.7 Å². The van der Waals surface area contributed by atoms with E-state index in [1.807, 2.05) is 41.8 Å². The minimum Gasteiger partial charge on any atom is -0.311 e. The summed E-state index contributed by atoms with van der Waals surface area (Å²) < 4.78 is 1.16. The van der Waals surface area contributed by atoms with Gasteiger partial charge in [-0.3, -0.25) is 4.79 Å². The lowest BCUT2D eigenvalue weighted by Gasteiger charge is -2.04. The SMILES string of the molecule is O=C(CCc1ccsc1)Nc1ccc(-c2nc3ccccc3s2)cn1. The Hall–Kier alpha value is -2.57. The maximum atomic E-state index is 12.0. The molecule has 0 atom stereocenters. The average Bonchev–Trinajstić information content (AvgIpc) is 3.30. The van der Waals surface area contributed by atoms with Crippen LogP contribution in [0.15, 0.2) is 59.4 Å². The molecule has 0 unspecified atom stereocenters. The van der Waals surface area contributed by atoms with Crippen molar-refractivity contribution in [2.24, 2.45) is 0 Å². The van der Waals surface area contributed by atoms with Crippen molar-refractivity contribution < 1.29 is 4.79 Å². The van der Waals surface area contributed by atoms with Crippen molar-refractivity contribution in [3.63, 3.8) is 0 Å². The number of hydrogen-bond donors (Lipinski definition) is 1. The Bertz CT molecular complexity index is 958. The van der Waals surface area contributed by atoms with Crippen LogP contribution in [0.3, 0.4) is 0 Å². The zero-order valence-electron chi connectivity index (χ0n) is 13.3. The zero-order valence-corrected chi connectivity index (χ0v) is 14.9. The second-order valence-corrected chi connectivity index (χ2v) is 7.41. The molecule has 0 radical (unpaired) electrons. The first-order valence-electron chi connectivity index (χ1n) is 7.91. The highest BCUT2D eigenvalue weighted by molar-refractivity contribution is 7.21. The quantitative estimate of drug-likeness (QED) is 0.542. The van der Waals surface area contributed by atoms with Crippen LogP contribution in [0.5, 0.6) is 0 Å². The van der Waals surface area contributed by atoms with Crippen molar-refractivity contribution in [2.45, 2.75) is 12.8 Å². The first-order chi connectivity index (χ1) is 12.3. The van der Waals surface area contributed by atoms with Crippen LogP contribution in [0.1, 0.15) is 12.0 Å². The van der Waals surface area contributed by atoms with Crippen molar-refractivity contribution in [1.29, 1.82) is 0 Å². The molecule has 1 amide bonds. The third kappa shape index (κ3) is 3.75. The minimum absolute atomic E-state index is 0.0218. The maximum Gasteiger partial charge on any atom is 0.225 e. The molecule has 4 rings (SSSR count). The number of carbonyl (C=O) groups excluding carboxylic acids is 1. The van der Waals surface area contributed by atoms with Gasteiger partial charge in [-0.05, 0) is 53.1 Å². The van der Waals surface area contributed by atoms with E-state index in [-0.39, 0.29) is 5.91 Å². The first kappa shape index (κ1) is 15.9. The second kappa shape index (κ2) is 7.13. The molecule has 0 aliphatic heterocycles. The summed E-state index contributed by atoms with van der Waals surface area (Å²) in [6.45, 7) is 0. The van der Waals surface area contributed by atoms with Crippen molar-refractivity contribution in [1.82, 2.24) is 9.97 Å². The molecule has 0 spiro atoms. The fraction of sp³-hybridized carbons (Fsp3) is 0.105. The fourth-order valence-electron chi connectivity index (χ4n) is 2.49. The molecular weight excluding hydrogens is 350 g/mol. The zero-order chi connectivity index (χ0) is 17.1. The standard InChI is InChI=1S/C19H15N3OS2/c23-18(8-5-13-9-10-24-12-13)22-17-7-6-14(11-20-17)19-21-15-3-1-2-4-16(15)25-19/h1-4,6-7,9-12H,5,8H2,(H,20,22,23). The smallest absolute Gasteiger partial charge is 0.225 e. The first-order valence-corrected chi connectivity index (χ1v) is 9.67. The Morgan fingerprint density at radius 3 is 2.80 bits per heavy atom. The largest absolute Gasteiger partial charge is 0.311 e. The van der Waals surface area contributed by atoms with Crippen LogP contribution in [0.25, 0.3) is 20.8 Å². The number of para-hydroxylation sites is 1. The van der Waals surface area contributed by atoms with Gasteiger partial charge in [-0.2, -0.15) is 11.3 Å². The van der Waals surface area contributed by atoms with Gasteiger partial charge < -0.3 is 5.32 Å². The molecule has 0 aliphatic rings. The lowest BCUT2D eigenvalue weighted by atomic mass is 10.2. The van der Waals surface area contributed by atoms with Crippen molar-refractivity contribution in [2.75, 3.05) is 5.32 Å². The summed E-state index contributed by atoms with van der Waals surface area (Å²) in [6, 6.07) is 13.9. The molecule has 4 nitrogen and oxygen atoms in total. The van der Waals surface area contributed by atoms with Crippen LogP contribution in [0.4, 0.5) is 5.82 Å².